The molecular formula is C10H9ClO4S2. The molecule has 1 aromatic rings. The van der Waals surface area contributed by atoms with Gasteiger partial charge < -0.3 is 0 Å². The van der Waals surface area contributed by atoms with Gasteiger partial charge in [0, 0.05) is 10.7 Å². The van der Waals surface area contributed by atoms with Gasteiger partial charge in [-0.25, -0.2) is 16.8 Å². The Morgan fingerprint density at radius 2 is 1.88 bits per heavy atom. The molecule has 17 heavy (non-hydrogen) atoms. The molecule has 0 bridgehead atoms. The quantitative estimate of drug-likeness (QED) is 0.773. The highest BCUT2D eigenvalue weighted by molar-refractivity contribution is 8.13. The Labute approximate surface area is 104 Å². The van der Waals surface area contributed by atoms with E-state index in [0.717, 1.165) is 0 Å². The lowest BCUT2D eigenvalue weighted by molar-refractivity contribution is 0.597. The Morgan fingerprint density at radius 1 is 1.24 bits per heavy atom. The van der Waals surface area contributed by atoms with Gasteiger partial charge in [-0.2, -0.15) is 0 Å². The van der Waals surface area contributed by atoms with Crippen LogP contribution in [0.2, 0.25) is 0 Å². The van der Waals surface area contributed by atoms with Crippen LogP contribution in [0.1, 0.15) is 5.56 Å². The van der Waals surface area contributed by atoms with E-state index in [1.807, 2.05) is 0 Å². The Morgan fingerprint density at radius 3 is 2.53 bits per heavy atom. The Kier molecular flexibility index (Phi) is 3.05. The zero-order valence-electron chi connectivity index (χ0n) is 8.63. The maximum Gasteiger partial charge on any atom is 0.236 e. The van der Waals surface area contributed by atoms with Crippen molar-refractivity contribution in [2.75, 3.05) is 11.5 Å². The predicted octanol–water partition coefficient (Wildman–Crippen LogP) is 1.43. The van der Waals surface area contributed by atoms with Crippen LogP contribution in [0, 0.1) is 0 Å². The van der Waals surface area contributed by atoms with E-state index < -0.39 is 24.6 Å². The summed E-state index contributed by atoms with van der Waals surface area (Å²) in [6.07, 6.45) is 1.57. The molecule has 1 aliphatic heterocycles. The molecule has 92 valence electrons. The van der Waals surface area contributed by atoms with E-state index in [1.165, 1.54) is 6.07 Å². The molecule has 7 heteroatoms. The van der Waals surface area contributed by atoms with Crippen molar-refractivity contribution in [3.05, 3.63) is 35.4 Å². The van der Waals surface area contributed by atoms with E-state index in [2.05, 4.69) is 0 Å². The first-order chi connectivity index (χ1) is 7.78. The molecule has 0 amide bonds. The number of halogens is 1. The van der Waals surface area contributed by atoms with Crippen LogP contribution in [0.5, 0.6) is 0 Å². The lowest BCUT2D eigenvalue weighted by Gasteiger charge is -2.15. The smallest absolute Gasteiger partial charge is 0.223 e. The zero-order valence-corrected chi connectivity index (χ0v) is 11.0. The second-order valence-corrected chi connectivity index (χ2v) is 8.52. The maximum absolute atomic E-state index is 11.9. The first-order valence-electron chi connectivity index (χ1n) is 4.71. The van der Waals surface area contributed by atoms with Crippen LogP contribution >= 0.6 is 10.7 Å². The Hall–Kier alpha value is -0.850. The summed E-state index contributed by atoms with van der Waals surface area (Å²) in [5, 5.41) is 0. The van der Waals surface area contributed by atoms with Gasteiger partial charge in [0.15, 0.2) is 9.84 Å². The van der Waals surface area contributed by atoms with Gasteiger partial charge in [-0.1, -0.05) is 24.3 Å². The third-order valence-electron chi connectivity index (χ3n) is 2.35. The molecule has 1 aromatic carbocycles. The van der Waals surface area contributed by atoms with Gasteiger partial charge in [0.05, 0.1) is 16.4 Å². The van der Waals surface area contributed by atoms with Gasteiger partial charge >= 0.3 is 0 Å². The van der Waals surface area contributed by atoms with Crippen molar-refractivity contribution in [2.45, 2.75) is 4.90 Å². The first kappa shape index (κ1) is 12.6. The second-order valence-electron chi connectivity index (χ2n) is 3.78. The van der Waals surface area contributed by atoms with E-state index in [4.69, 9.17) is 10.7 Å². The van der Waals surface area contributed by atoms with E-state index in [-0.39, 0.29) is 10.6 Å². The average Bonchev–Trinajstić information content (AvgIpc) is 2.13. The molecular weight excluding hydrogens is 284 g/mol. The van der Waals surface area contributed by atoms with Gasteiger partial charge in [-0.3, -0.25) is 0 Å². The van der Waals surface area contributed by atoms with Crippen molar-refractivity contribution in [1.29, 1.82) is 0 Å². The van der Waals surface area contributed by atoms with Gasteiger partial charge in [0.1, 0.15) is 0 Å². The van der Waals surface area contributed by atoms with Crippen molar-refractivity contribution in [2.24, 2.45) is 0 Å². The van der Waals surface area contributed by atoms with Crippen molar-refractivity contribution >= 4 is 35.6 Å². The molecule has 0 aromatic heterocycles. The first-order valence-corrected chi connectivity index (χ1v) is 8.84. The summed E-state index contributed by atoms with van der Waals surface area (Å²) in [5.74, 6) is -0.738. The van der Waals surface area contributed by atoms with Gasteiger partial charge in [0.25, 0.3) is 0 Å². The molecule has 0 fully saturated rings. The monoisotopic (exact) mass is 292 g/mol. The SMILES string of the molecule is O=S(=O)(Cl)CC1=Cc2ccccc2S(=O)(=O)C1. The number of hydrogen-bond donors (Lipinski definition) is 0. The van der Waals surface area contributed by atoms with Crippen LogP contribution in [0.4, 0.5) is 0 Å². The molecule has 0 spiro atoms. The van der Waals surface area contributed by atoms with Crippen molar-refractivity contribution < 1.29 is 16.8 Å². The standard InChI is InChI=1S/C10H9ClO4S2/c11-17(14,15)7-8-5-9-3-1-2-4-10(9)16(12,13)6-8/h1-5H,6-7H2. The maximum atomic E-state index is 11.9. The van der Waals surface area contributed by atoms with E-state index in [9.17, 15) is 16.8 Å². The Bertz CT molecular complexity index is 687. The predicted molar refractivity (Wildman–Crippen MR) is 66.1 cm³/mol. The second kappa shape index (κ2) is 4.12. The van der Waals surface area contributed by atoms with Crippen molar-refractivity contribution in [1.82, 2.24) is 0 Å². The van der Waals surface area contributed by atoms with Gasteiger partial charge in [-0.05, 0) is 17.2 Å². The van der Waals surface area contributed by atoms with Crippen molar-refractivity contribution in [3.8, 4) is 0 Å². The molecule has 1 heterocycles. The van der Waals surface area contributed by atoms with Crippen LogP contribution < -0.4 is 0 Å². The van der Waals surface area contributed by atoms with E-state index >= 15 is 0 Å². The molecule has 0 aliphatic carbocycles. The summed E-state index contributed by atoms with van der Waals surface area (Å²) in [4.78, 5) is 0.232. The summed E-state index contributed by atoms with van der Waals surface area (Å²) < 4.78 is 45.7. The minimum Gasteiger partial charge on any atom is -0.223 e. The zero-order chi connectivity index (χ0) is 12.7. The van der Waals surface area contributed by atoms with E-state index in [1.54, 1.807) is 24.3 Å². The number of benzene rings is 1. The fourth-order valence-electron chi connectivity index (χ4n) is 1.77. The topological polar surface area (TPSA) is 68.3 Å². The molecule has 0 N–H and O–H groups in total. The molecule has 4 nitrogen and oxygen atoms in total. The number of hydrogen-bond acceptors (Lipinski definition) is 4. The summed E-state index contributed by atoms with van der Waals surface area (Å²) in [5.41, 5.74) is 0.799. The summed E-state index contributed by atoms with van der Waals surface area (Å²) in [7, 11) is -2.07. The molecule has 0 saturated carbocycles. The van der Waals surface area contributed by atoms with Gasteiger partial charge in [-0.15, -0.1) is 0 Å². The molecule has 0 unspecified atom stereocenters. The third kappa shape index (κ3) is 2.88. The van der Waals surface area contributed by atoms with Crippen LogP contribution in [0.3, 0.4) is 0 Å². The number of sulfone groups is 1. The number of fused-ring (bicyclic) bond motifs is 1. The fourth-order valence-corrected chi connectivity index (χ4v) is 4.55. The summed E-state index contributed by atoms with van der Waals surface area (Å²) in [6.45, 7) is 0. The van der Waals surface area contributed by atoms with Crippen LogP contribution in [0.25, 0.3) is 6.08 Å². The highest BCUT2D eigenvalue weighted by Crippen LogP contribution is 2.27. The lowest BCUT2D eigenvalue weighted by Crippen LogP contribution is -2.18. The summed E-state index contributed by atoms with van der Waals surface area (Å²) in [6, 6.07) is 6.47. The molecule has 2 rings (SSSR count). The fraction of sp³-hybridized carbons (Fsp3) is 0.200. The van der Waals surface area contributed by atoms with Crippen LogP contribution in [-0.4, -0.2) is 28.3 Å². The Balaban J connectivity index is 2.53. The van der Waals surface area contributed by atoms with E-state index in [0.29, 0.717) is 11.1 Å². The molecule has 0 saturated heterocycles. The minimum absolute atomic E-state index is 0.232. The number of rotatable bonds is 2. The van der Waals surface area contributed by atoms with Gasteiger partial charge in [0.2, 0.25) is 9.05 Å². The average molecular weight is 293 g/mol. The molecule has 0 atom stereocenters. The normalized spacial score (nSPS) is 18.3. The molecule has 0 radical (unpaired) electrons. The van der Waals surface area contributed by atoms with Crippen LogP contribution in [-0.2, 0) is 18.9 Å². The highest BCUT2D eigenvalue weighted by atomic mass is 35.7. The minimum atomic E-state index is -3.74. The molecule has 1 aliphatic rings. The largest absolute Gasteiger partial charge is 0.236 e. The summed E-state index contributed by atoms with van der Waals surface area (Å²) >= 11 is 0. The van der Waals surface area contributed by atoms with Crippen LogP contribution in [0.15, 0.2) is 34.7 Å². The third-order valence-corrected chi connectivity index (χ3v) is 5.18. The van der Waals surface area contributed by atoms with Crippen molar-refractivity contribution in [3.63, 3.8) is 0 Å². The lowest BCUT2D eigenvalue weighted by atomic mass is 10.1. The highest BCUT2D eigenvalue weighted by Gasteiger charge is 2.26.